The summed E-state index contributed by atoms with van der Waals surface area (Å²) >= 11 is 0. The van der Waals surface area contributed by atoms with Gasteiger partial charge in [-0.25, -0.2) is 0 Å². The first kappa shape index (κ1) is 7.50. The molecular weight excluding hydrogens is 168 g/mol. The molecular formula is C14H16. The van der Waals surface area contributed by atoms with Crippen LogP contribution in [0.3, 0.4) is 0 Å². The van der Waals surface area contributed by atoms with E-state index in [1.54, 1.807) is 22.3 Å². The van der Waals surface area contributed by atoms with Gasteiger partial charge in [0.25, 0.3) is 0 Å². The van der Waals surface area contributed by atoms with Crippen LogP contribution in [-0.2, 0) is 0 Å². The highest BCUT2D eigenvalue weighted by atomic mass is 14.4. The minimum absolute atomic E-state index is 1.35. The fourth-order valence-corrected chi connectivity index (χ4v) is 3.95. The zero-order valence-corrected chi connectivity index (χ0v) is 8.66. The van der Waals surface area contributed by atoms with E-state index in [0.29, 0.717) is 0 Å². The Labute approximate surface area is 85.4 Å². The van der Waals surface area contributed by atoms with Crippen molar-refractivity contribution >= 4 is 0 Å². The fourth-order valence-electron chi connectivity index (χ4n) is 3.95. The third kappa shape index (κ3) is 0.762. The van der Waals surface area contributed by atoms with E-state index in [-0.39, 0.29) is 0 Å². The molecule has 0 nitrogen and oxygen atoms in total. The molecule has 0 bridgehead atoms. The van der Waals surface area contributed by atoms with E-state index in [1.807, 2.05) is 11.1 Å². The molecule has 0 heterocycles. The van der Waals surface area contributed by atoms with Crippen molar-refractivity contribution in [2.45, 2.75) is 51.4 Å². The van der Waals surface area contributed by atoms with Crippen LogP contribution in [0.5, 0.6) is 0 Å². The number of fused-ring (bicyclic) bond motifs is 2. The van der Waals surface area contributed by atoms with Gasteiger partial charge in [0.1, 0.15) is 0 Å². The molecule has 0 spiro atoms. The molecule has 0 radical (unpaired) electrons. The van der Waals surface area contributed by atoms with Crippen LogP contribution in [-0.4, -0.2) is 0 Å². The van der Waals surface area contributed by atoms with Crippen molar-refractivity contribution in [2.24, 2.45) is 0 Å². The van der Waals surface area contributed by atoms with Crippen LogP contribution >= 0.6 is 0 Å². The molecule has 0 N–H and O–H groups in total. The lowest BCUT2D eigenvalue weighted by atomic mass is 10.00. The van der Waals surface area contributed by atoms with Gasteiger partial charge in [-0.15, -0.1) is 0 Å². The highest BCUT2D eigenvalue weighted by molar-refractivity contribution is 5.63. The van der Waals surface area contributed by atoms with Crippen LogP contribution in [0, 0.1) is 0 Å². The summed E-state index contributed by atoms with van der Waals surface area (Å²) in [5.41, 5.74) is 10.8. The van der Waals surface area contributed by atoms with Crippen molar-refractivity contribution in [2.75, 3.05) is 0 Å². The predicted molar refractivity (Wildman–Crippen MR) is 58.0 cm³/mol. The lowest BCUT2D eigenvalue weighted by Gasteiger charge is -2.05. The molecule has 0 amide bonds. The molecule has 0 aromatic carbocycles. The molecule has 72 valence electrons. The Morgan fingerprint density at radius 3 is 1.50 bits per heavy atom. The third-order valence-electron chi connectivity index (χ3n) is 4.54. The van der Waals surface area contributed by atoms with Gasteiger partial charge >= 0.3 is 0 Å². The van der Waals surface area contributed by atoms with Crippen molar-refractivity contribution in [3.05, 3.63) is 33.4 Å². The van der Waals surface area contributed by atoms with Gasteiger partial charge in [-0.05, 0) is 73.7 Å². The van der Waals surface area contributed by atoms with Crippen molar-refractivity contribution in [1.29, 1.82) is 0 Å². The quantitative estimate of drug-likeness (QED) is 0.532. The van der Waals surface area contributed by atoms with Gasteiger partial charge in [-0.3, -0.25) is 0 Å². The lowest BCUT2D eigenvalue weighted by molar-refractivity contribution is 0.837. The maximum Gasteiger partial charge on any atom is -0.00555 e. The molecule has 4 rings (SSSR count). The molecule has 0 aromatic heterocycles. The van der Waals surface area contributed by atoms with E-state index in [0.717, 1.165) is 0 Å². The SMILES string of the molecule is C1CC2=C(C1)C1=C(C2)C2=C(CCC2)C1. The minimum Gasteiger partial charge on any atom is -0.0623 e. The molecule has 0 saturated heterocycles. The Hall–Kier alpha value is -0.780. The molecule has 0 aromatic rings. The Kier molecular flexibility index (Phi) is 1.30. The number of rotatable bonds is 0. The zero-order valence-electron chi connectivity index (χ0n) is 8.66. The van der Waals surface area contributed by atoms with E-state index >= 15 is 0 Å². The van der Waals surface area contributed by atoms with Gasteiger partial charge in [0.05, 0.1) is 0 Å². The van der Waals surface area contributed by atoms with Crippen LogP contribution in [0.15, 0.2) is 33.4 Å². The monoisotopic (exact) mass is 184 g/mol. The smallest absolute Gasteiger partial charge is 0.00555 e. The second-order valence-corrected chi connectivity index (χ2v) is 5.18. The maximum absolute atomic E-state index is 1.81. The number of allylic oxidation sites excluding steroid dienone is 6. The Morgan fingerprint density at radius 2 is 1.00 bits per heavy atom. The average molecular weight is 184 g/mol. The van der Waals surface area contributed by atoms with Crippen LogP contribution in [0.25, 0.3) is 0 Å². The topological polar surface area (TPSA) is 0 Å². The van der Waals surface area contributed by atoms with E-state index < -0.39 is 0 Å². The summed E-state index contributed by atoms with van der Waals surface area (Å²) in [7, 11) is 0. The largest absolute Gasteiger partial charge is 0.0623 e. The minimum atomic E-state index is 1.35. The molecule has 14 heavy (non-hydrogen) atoms. The van der Waals surface area contributed by atoms with Crippen LogP contribution in [0.1, 0.15) is 51.4 Å². The molecule has 4 aliphatic carbocycles. The summed E-state index contributed by atoms with van der Waals surface area (Å²) in [5, 5.41) is 0. The summed E-state index contributed by atoms with van der Waals surface area (Å²) in [6.07, 6.45) is 11.2. The second kappa shape index (κ2) is 2.42. The van der Waals surface area contributed by atoms with Gasteiger partial charge in [-0.1, -0.05) is 11.1 Å². The van der Waals surface area contributed by atoms with Gasteiger partial charge < -0.3 is 0 Å². The Bertz CT molecular complexity index is 375. The molecule has 0 saturated carbocycles. The summed E-state index contributed by atoms with van der Waals surface area (Å²) in [5.74, 6) is 0. The molecule has 0 unspecified atom stereocenters. The molecule has 0 atom stereocenters. The van der Waals surface area contributed by atoms with Crippen LogP contribution < -0.4 is 0 Å². The molecule has 0 heteroatoms. The first-order chi connectivity index (χ1) is 6.93. The van der Waals surface area contributed by atoms with E-state index in [9.17, 15) is 0 Å². The molecule has 0 fully saturated rings. The fraction of sp³-hybridized carbons (Fsp3) is 0.571. The average Bonchev–Trinajstić information content (AvgIpc) is 2.80. The summed E-state index contributed by atoms with van der Waals surface area (Å²) < 4.78 is 0. The maximum atomic E-state index is 1.81. The van der Waals surface area contributed by atoms with Crippen LogP contribution in [0.2, 0.25) is 0 Å². The van der Waals surface area contributed by atoms with E-state index in [1.165, 1.54) is 51.4 Å². The van der Waals surface area contributed by atoms with Crippen molar-refractivity contribution in [3.63, 3.8) is 0 Å². The van der Waals surface area contributed by atoms with Gasteiger partial charge in [0, 0.05) is 0 Å². The number of hydrogen-bond acceptors (Lipinski definition) is 0. The molecule has 4 aliphatic rings. The Balaban J connectivity index is 1.78. The van der Waals surface area contributed by atoms with E-state index in [4.69, 9.17) is 0 Å². The standard InChI is InChI=1S/C14H16/c1-3-9-7-14-12-6-2-4-10(12)8-13(14)11(9)5-1/h1-8H2. The van der Waals surface area contributed by atoms with Crippen LogP contribution in [0.4, 0.5) is 0 Å². The summed E-state index contributed by atoms with van der Waals surface area (Å²) in [4.78, 5) is 0. The van der Waals surface area contributed by atoms with Crippen molar-refractivity contribution in [3.8, 4) is 0 Å². The predicted octanol–water partition coefficient (Wildman–Crippen LogP) is 4.05. The van der Waals surface area contributed by atoms with Gasteiger partial charge in [-0.2, -0.15) is 0 Å². The first-order valence-electron chi connectivity index (χ1n) is 6.08. The first-order valence-corrected chi connectivity index (χ1v) is 6.08. The van der Waals surface area contributed by atoms with Crippen molar-refractivity contribution < 1.29 is 0 Å². The molecule has 0 aliphatic heterocycles. The van der Waals surface area contributed by atoms with E-state index in [2.05, 4.69) is 0 Å². The third-order valence-corrected chi connectivity index (χ3v) is 4.54. The highest BCUT2D eigenvalue weighted by Gasteiger charge is 2.35. The highest BCUT2D eigenvalue weighted by Crippen LogP contribution is 2.54. The van der Waals surface area contributed by atoms with Gasteiger partial charge in [0.2, 0.25) is 0 Å². The number of hydrogen-bond donors (Lipinski definition) is 0. The lowest BCUT2D eigenvalue weighted by Crippen LogP contribution is -1.86. The Morgan fingerprint density at radius 1 is 0.500 bits per heavy atom. The van der Waals surface area contributed by atoms with Crippen molar-refractivity contribution in [1.82, 2.24) is 0 Å². The normalized spacial score (nSPS) is 29.1. The second-order valence-electron chi connectivity index (χ2n) is 5.18. The summed E-state index contributed by atoms with van der Waals surface area (Å²) in [6.45, 7) is 0. The van der Waals surface area contributed by atoms with Gasteiger partial charge in [0.15, 0.2) is 0 Å². The zero-order chi connectivity index (χ0) is 9.12. The summed E-state index contributed by atoms with van der Waals surface area (Å²) in [6, 6.07) is 0.